The van der Waals surface area contributed by atoms with Crippen molar-refractivity contribution in [2.75, 3.05) is 0 Å². The van der Waals surface area contributed by atoms with Gasteiger partial charge in [0.25, 0.3) is 0 Å². The zero-order valence-electron chi connectivity index (χ0n) is 7.32. The molecule has 0 spiro atoms. The molecule has 1 aromatic rings. The SMILES string of the molecule is O=S(=O)=NCc1ccc(C(F)(F)F)cc1. The lowest BCUT2D eigenvalue weighted by molar-refractivity contribution is -0.137. The Hall–Kier alpha value is -1.37. The summed E-state index contributed by atoms with van der Waals surface area (Å²) in [6.07, 6.45) is -4.38. The summed E-state index contributed by atoms with van der Waals surface area (Å²) in [7, 11) is -2.54. The molecular formula is C8H6F3NO2S. The van der Waals surface area contributed by atoms with E-state index >= 15 is 0 Å². The Bertz CT molecular complexity index is 454. The smallest absolute Gasteiger partial charge is 0.167 e. The van der Waals surface area contributed by atoms with Crippen LogP contribution in [0.3, 0.4) is 0 Å². The molecule has 0 fully saturated rings. The molecule has 0 heterocycles. The molecule has 82 valence electrons. The highest BCUT2D eigenvalue weighted by molar-refractivity contribution is 7.61. The van der Waals surface area contributed by atoms with Crippen LogP contribution < -0.4 is 0 Å². The Morgan fingerprint density at radius 2 is 1.67 bits per heavy atom. The van der Waals surface area contributed by atoms with E-state index in [0.29, 0.717) is 5.56 Å². The van der Waals surface area contributed by atoms with Gasteiger partial charge in [-0.15, -0.1) is 0 Å². The first-order valence-corrected chi connectivity index (χ1v) is 4.86. The van der Waals surface area contributed by atoms with Crippen LogP contribution in [-0.4, -0.2) is 8.42 Å². The van der Waals surface area contributed by atoms with Crippen LogP contribution >= 0.6 is 0 Å². The van der Waals surface area contributed by atoms with Gasteiger partial charge in [-0.05, 0) is 17.7 Å². The highest BCUT2D eigenvalue weighted by Crippen LogP contribution is 2.29. The molecule has 0 saturated heterocycles. The Morgan fingerprint density at radius 1 is 1.13 bits per heavy atom. The second-order valence-electron chi connectivity index (χ2n) is 2.70. The van der Waals surface area contributed by atoms with Gasteiger partial charge >= 0.3 is 16.7 Å². The lowest BCUT2D eigenvalue weighted by atomic mass is 10.1. The maximum absolute atomic E-state index is 12.1. The molecular weight excluding hydrogens is 231 g/mol. The summed E-state index contributed by atoms with van der Waals surface area (Å²) in [5.41, 5.74) is -0.360. The molecule has 0 amide bonds. The third kappa shape index (κ3) is 3.70. The van der Waals surface area contributed by atoms with Crippen molar-refractivity contribution in [2.24, 2.45) is 4.36 Å². The fourth-order valence-corrected chi connectivity index (χ4v) is 1.18. The van der Waals surface area contributed by atoms with Gasteiger partial charge in [0.05, 0.1) is 12.1 Å². The summed E-state index contributed by atoms with van der Waals surface area (Å²) in [6.45, 7) is -0.145. The minimum absolute atomic E-state index is 0.145. The van der Waals surface area contributed by atoms with E-state index in [0.717, 1.165) is 12.1 Å². The van der Waals surface area contributed by atoms with E-state index in [-0.39, 0.29) is 6.54 Å². The first kappa shape index (κ1) is 11.7. The third-order valence-electron chi connectivity index (χ3n) is 1.63. The van der Waals surface area contributed by atoms with Gasteiger partial charge in [0.2, 0.25) is 0 Å². The normalized spacial score (nSPS) is 11.1. The molecule has 0 N–H and O–H groups in total. The molecule has 0 aliphatic rings. The van der Waals surface area contributed by atoms with Gasteiger partial charge < -0.3 is 0 Å². The van der Waals surface area contributed by atoms with Gasteiger partial charge in [-0.1, -0.05) is 12.1 Å². The van der Waals surface area contributed by atoms with Crippen molar-refractivity contribution < 1.29 is 21.6 Å². The van der Waals surface area contributed by atoms with E-state index in [4.69, 9.17) is 0 Å². The second-order valence-corrected chi connectivity index (χ2v) is 3.39. The third-order valence-corrected chi connectivity index (χ3v) is 1.97. The molecule has 15 heavy (non-hydrogen) atoms. The Balaban J connectivity index is 2.86. The van der Waals surface area contributed by atoms with Gasteiger partial charge in [0, 0.05) is 0 Å². The summed E-state index contributed by atoms with van der Waals surface area (Å²) in [4.78, 5) is 0. The van der Waals surface area contributed by atoms with Gasteiger partial charge in [-0.25, -0.2) is 0 Å². The number of nitrogens with zero attached hydrogens (tertiary/aromatic N) is 1. The summed E-state index contributed by atoms with van der Waals surface area (Å²) < 4.78 is 59.6. The molecule has 0 saturated carbocycles. The highest BCUT2D eigenvalue weighted by atomic mass is 32.2. The van der Waals surface area contributed by atoms with Crippen molar-refractivity contribution in [1.82, 2.24) is 0 Å². The molecule has 0 unspecified atom stereocenters. The van der Waals surface area contributed by atoms with E-state index in [1.807, 2.05) is 0 Å². The highest BCUT2D eigenvalue weighted by Gasteiger charge is 2.29. The summed E-state index contributed by atoms with van der Waals surface area (Å²) in [5.74, 6) is 0. The Morgan fingerprint density at radius 3 is 2.07 bits per heavy atom. The predicted molar refractivity (Wildman–Crippen MR) is 46.5 cm³/mol. The lowest BCUT2D eigenvalue weighted by Gasteiger charge is -2.05. The predicted octanol–water partition coefficient (Wildman–Crippen LogP) is 2.27. The van der Waals surface area contributed by atoms with Crippen LogP contribution in [-0.2, 0) is 23.2 Å². The molecule has 0 radical (unpaired) electrons. The van der Waals surface area contributed by atoms with Gasteiger partial charge in [-0.2, -0.15) is 26.0 Å². The van der Waals surface area contributed by atoms with Crippen LogP contribution in [0, 0.1) is 0 Å². The number of alkyl halides is 3. The van der Waals surface area contributed by atoms with Crippen molar-refractivity contribution in [3.05, 3.63) is 35.4 Å². The zero-order chi connectivity index (χ0) is 11.5. The van der Waals surface area contributed by atoms with Gasteiger partial charge in [-0.3, -0.25) is 0 Å². The van der Waals surface area contributed by atoms with E-state index < -0.39 is 22.2 Å². The number of halogens is 3. The fourth-order valence-electron chi connectivity index (χ4n) is 0.926. The molecule has 3 nitrogen and oxygen atoms in total. The molecule has 1 aromatic carbocycles. The van der Waals surface area contributed by atoms with Crippen LogP contribution in [0.5, 0.6) is 0 Å². The topological polar surface area (TPSA) is 46.5 Å². The van der Waals surface area contributed by atoms with Crippen molar-refractivity contribution in [1.29, 1.82) is 0 Å². The zero-order valence-corrected chi connectivity index (χ0v) is 8.14. The maximum Gasteiger partial charge on any atom is 0.416 e. The van der Waals surface area contributed by atoms with Crippen LogP contribution in [0.25, 0.3) is 0 Å². The van der Waals surface area contributed by atoms with Crippen LogP contribution in [0.1, 0.15) is 11.1 Å². The molecule has 0 aromatic heterocycles. The number of hydrogen-bond donors (Lipinski definition) is 0. The first-order chi connectivity index (χ1) is 6.89. The van der Waals surface area contributed by atoms with Crippen molar-refractivity contribution in [2.45, 2.75) is 12.7 Å². The Labute approximate surface area is 85.3 Å². The van der Waals surface area contributed by atoms with E-state index in [1.54, 1.807) is 0 Å². The van der Waals surface area contributed by atoms with Crippen LogP contribution in [0.2, 0.25) is 0 Å². The van der Waals surface area contributed by atoms with Crippen molar-refractivity contribution >= 4 is 10.5 Å². The summed E-state index contributed by atoms with van der Waals surface area (Å²) in [6, 6.07) is 4.16. The maximum atomic E-state index is 12.1. The van der Waals surface area contributed by atoms with Crippen molar-refractivity contribution in [3.63, 3.8) is 0 Å². The Kier molecular flexibility index (Phi) is 3.46. The molecule has 0 bridgehead atoms. The number of benzene rings is 1. The first-order valence-electron chi connectivity index (χ1n) is 3.82. The average Bonchev–Trinajstić information content (AvgIpc) is 2.14. The quantitative estimate of drug-likeness (QED) is 0.792. The molecule has 1 rings (SSSR count). The molecule has 0 aliphatic heterocycles. The van der Waals surface area contributed by atoms with E-state index in [1.165, 1.54) is 12.1 Å². The largest absolute Gasteiger partial charge is 0.416 e. The van der Waals surface area contributed by atoms with Crippen molar-refractivity contribution in [3.8, 4) is 0 Å². The summed E-state index contributed by atoms with van der Waals surface area (Å²) >= 11 is 0. The van der Waals surface area contributed by atoms with Crippen LogP contribution in [0.4, 0.5) is 13.2 Å². The van der Waals surface area contributed by atoms with E-state index in [2.05, 4.69) is 4.36 Å². The van der Waals surface area contributed by atoms with Gasteiger partial charge in [0.1, 0.15) is 0 Å². The standard InChI is InChI=1S/C8H6F3NO2S/c9-8(10,11)7-3-1-6(2-4-7)5-12-15(13)14/h1-4H,5H2. The average molecular weight is 237 g/mol. The van der Waals surface area contributed by atoms with Crippen LogP contribution in [0.15, 0.2) is 28.6 Å². The van der Waals surface area contributed by atoms with E-state index in [9.17, 15) is 21.6 Å². The fraction of sp³-hybridized carbons (Fsp3) is 0.250. The number of rotatable bonds is 2. The monoisotopic (exact) mass is 237 g/mol. The molecule has 0 atom stereocenters. The number of hydrogen-bond acceptors (Lipinski definition) is 3. The molecule has 0 aliphatic carbocycles. The minimum Gasteiger partial charge on any atom is -0.167 e. The lowest BCUT2D eigenvalue weighted by Crippen LogP contribution is -2.04. The minimum atomic E-state index is -4.38. The van der Waals surface area contributed by atoms with Gasteiger partial charge in [0.15, 0.2) is 0 Å². The summed E-state index contributed by atoms with van der Waals surface area (Å²) in [5, 5.41) is 0. The second kappa shape index (κ2) is 4.43. The molecule has 7 heteroatoms.